The van der Waals surface area contributed by atoms with Gasteiger partial charge in [-0.1, -0.05) is 18.2 Å². The summed E-state index contributed by atoms with van der Waals surface area (Å²) in [6.45, 7) is 1.93. The van der Waals surface area contributed by atoms with E-state index >= 15 is 0 Å². The molecule has 2 heterocycles. The number of carbonyl (C=O) groups is 1. The number of aromatic nitrogens is 1. The summed E-state index contributed by atoms with van der Waals surface area (Å²) in [5.41, 5.74) is 2.41. The van der Waals surface area contributed by atoms with Crippen LogP contribution in [0.15, 0.2) is 30.5 Å². The van der Waals surface area contributed by atoms with E-state index in [9.17, 15) is 4.79 Å². The summed E-state index contributed by atoms with van der Waals surface area (Å²) in [5, 5.41) is 4.56. The molecule has 1 unspecified atom stereocenters. The Kier molecular flexibility index (Phi) is 3.65. The molecule has 2 N–H and O–H groups in total. The first-order chi connectivity index (χ1) is 9.34. The number of para-hydroxylation sites is 1. The van der Waals surface area contributed by atoms with E-state index in [0.29, 0.717) is 12.2 Å². The molecule has 1 atom stereocenters. The van der Waals surface area contributed by atoms with E-state index in [0.717, 1.165) is 37.9 Å². The fraction of sp³-hybridized carbons (Fsp3) is 0.438. The summed E-state index contributed by atoms with van der Waals surface area (Å²) in [7, 11) is 0. The number of piperidine rings is 1. The molecule has 1 saturated heterocycles. The highest BCUT2D eigenvalue weighted by atomic mass is 16.1. The molecule has 3 nitrogen and oxygen atoms in total. The van der Waals surface area contributed by atoms with E-state index < -0.39 is 0 Å². The number of ketones is 1. The topological polar surface area (TPSA) is 44.9 Å². The highest BCUT2D eigenvalue weighted by Gasteiger charge is 2.20. The molecule has 0 aliphatic carbocycles. The first kappa shape index (κ1) is 12.4. The Morgan fingerprint density at radius 2 is 2.21 bits per heavy atom. The third-order valence-corrected chi connectivity index (χ3v) is 4.07. The first-order valence-electron chi connectivity index (χ1n) is 7.13. The van der Waals surface area contributed by atoms with Gasteiger partial charge in [0.05, 0.1) is 0 Å². The molecule has 0 radical (unpaired) electrons. The van der Waals surface area contributed by atoms with Crippen LogP contribution < -0.4 is 5.32 Å². The van der Waals surface area contributed by atoms with Gasteiger partial charge < -0.3 is 10.3 Å². The van der Waals surface area contributed by atoms with E-state index in [1.807, 2.05) is 18.3 Å². The number of carbonyl (C=O) groups excluding carboxylic acids is 1. The second-order valence-corrected chi connectivity index (χ2v) is 5.37. The predicted molar refractivity (Wildman–Crippen MR) is 77.2 cm³/mol. The second-order valence-electron chi connectivity index (χ2n) is 5.37. The molecule has 19 heavy (non-hydrogen) atoms. The van der Waals surface area contributed by atoms with Crippen molar-refractivity contribution < 1.29 is 4.79 Å². The van der Waals surface area contributed by atoms with Gasteiger partial charge in [0.1, 0.15) is 5.78 Å². The molecule has 0 bridgehead atoms. The third kappa shape index (κ3) is 2.71. The van der Waals surface area contributed by atoms with Crippen molar-refractivity contribution in [1.82, 2.24) is 10.3 Å². The smallest absolute Gasteiger partial charge is 0.137 e. The molecule has 1 aromatic heterocycles. The van der Waals surface area contributed by atoms with Gasteiger partial charge in [0.25, 0.3) is 0 Å². The summed E-state index contributed by atoms with van der Waals surface area (Å²) in [4.78, 5) is 15.4. The minimum Gasteiger partial charge on any atom is -0.361 e. The fourth-order valence-electron chi connectivity index (χ4n) is 2.93. The lowest BCUT2D eigenvalue weighted by Gasteiger charge is -2.21. The molecule has 3 heteroatoms. The van der Waals surface area contributed by atoms with Crippen LogP contribution in [-0.4, -0.2) is 23.9 Å². The van der Waals surface area contributed by atoms with Gasteiger partial charge in [-0.25, -0.2) is 0 Å². The molecule has 1 aromatic carbocycles. The van der Waals surface area contributed by atoms with Gasteiger partial charge in [0, 0.05) is 36.0 Å². The van der Waals surface area contributed by atoms with E-state index in [2.05, 4.69) is 22.4 Å². The lowest BCUT2D eigenvalue weighted by atomic mass is 9.91. The second kappa shape index (κ2) is 5.57. The van der Waals surface area contributed by atoms with Crippen molar-refractivity contribution in [1.29, 1.82) is 0 Å². The quantitative estimate of drug-likeness (QED) is 0.883. The van der Waals surface area contributed by atoms with Gasteiger partial charge in [-0.2, -0.15) is 0 Å². The van der Waals surface area contributed by atoms with Gasteiger partial charge in [-0.15, -0.1) is 0 Å². The minimum absolute atomic E-state index is 0.235. The largest absolute Gasteiger partial charge is 0.361 e. The van der Waals surface area contributed by atoms with Crippen molar-refractivity contribution in [2.75, 3.05) is 13.1 Å². The number of aryl methyl sites for hydroxylation is 1. The Morgan fingerprint density at radius 1 is 1.32 bits per heavy atom. The number of fused-ring (bicyclic) bond motifs is 1. The van der Waals surface area contributed by atoms with Crippen LogP contribution in [0.2, 0.25) is 0 Å². The number of Topliss-reactive ketones (excluding diaryl/α,β-unsaturated/α-hetero) is 1. The molecule has 0 spiro atoms. The molecule has 1 aliphatic rings. The van der Waals surface area contributed by atoms with Gasteiger partial charge >= 0.3 is 0 Å². The average molecular weight is 256 g/mol. The van der Waals surface area contributed by atoms with E-state index in [1.54, 1.807) is 0 Å². The molecular weight excluding hydrogens is 236 g/mol. The summed E-state index contributed by atoms with van der Waals surface area (Å²) < 4.78 is 0. The molecular formula is C16H20N2O. The monoisotopic (exact) mass is 256 g/mol. The summed E-state index contributed by atoms with van der Waals surface area (Å²) in [6, 6.07) is 8.27. The highest BCUT2D eigenvalue weighted by Crippen LogP contribution is 2.20. The molecule has 1 aliphatic heterocycles. The van der Waals surface area contributed by atoms with E-state index in [1.165, 1.54) is 10.9 Å². The summed E-state index contributed by atoms with van der Waals surface area (Å²) >= 11 is 0. The maximum absolute atomic E-state index is 12.2. The number of rotatable bonds is 4. The summed E-state index contributed by atoms with van der Waals surface area (Å²) in [5.74, 6) is 0.649. The highest BCUT2D eigenvalue weighted by molar-refractivity contribution is 5.85. The number of H-pyrrole nitrogens is 1. The van der Waals surface area contributed by atoms with E-state index in [4.69, 9.17) is 0 Å². The number of benzene rings is 1. The van der Waals surface area contributed by atoms with Crippen LogP contribution in [0.25, 0.3) is 10.9 Å². The Balaban J connectivity index is 1.64. The van der Waals surface area contributed by atoms with Crippen molar-refractivity contribution in [3.63, 3.8) is 0 Å². The van der Waals surface area contributed by atoms with Crippen LogP contribution in [0, 0.1) is 5.92 Å². The van der Waals surface area contributed by atoms with Crippen LogP contribution in [-0.2, 0) is 11.2 Å². The Labute approximate surface area is 113 Å². The molecule has 0 saturated carbocycles. The molecule has 3 rings (SSSR count). The zero-order chi connectivity index (χ0) is 13.1. The van der Waals surface area contributed by atoms with Crippen molar-refractivity contribution in [3.05, 3.63) is 36.0 Å². The Hall–Kier alpha value is -1.61. The SMILES string of the molecule is O=C(CCc1c[nH]c2ccccc12)C1CCCNC1. The number of aromatic amines is 1. The van der Waals surface area contributed by atoms with Gasteiger partial charge in [0.2, 0.25) is 0 Å². The van der Waals surface area contributed by atoms with Crippen molar-refractivity contribution in [2.45, 2.75) is 25.7 Å². The molecule has 1 fully saturated rings. The van der Waals surface area contributed by atoms with Crippen LogP contribution in [0.4, 0.5) is 0 Å². The zero-order valence-corrected chi connectivity index (χ0v) is 11.1. The number of hydrogen-bond donors (Lipinski definition) is 2. The van der Waals surface area contributed by atoms with Gasteiger partial charge in [-0.3, -0.25) is 4.79 Å². The molecule has 100 valence electrons. The van der Waals surface area contributed by atoms with Crippen molar-refractivity contribution in [3.8, 4) is 0 Å². The zero-order valence-electron chi connectivity index (χ0n) is 11.1. The number of hydrogen-bond acceptors (Lipinski definition) is 2. The molecule has 0 amide bonds. The van der Waals surface area contributed by atoms with Crippen LogP contribution in [0.1, 0.15) is 24.8 Å². The predicted octanol–water partition coefficient (Wildman–Crippen LogP) is 2.67. The standard InChI is InChI=1S/C16H20N2O/c19-16(13-4-3-9-17-10-13)8-7-12-11-18-15-6-2-1-5-14(12)15/h1-2,5-6,11,13,17-18H,3-4,7-10H2. The lowest BCUT2D eigenvalue weighted by Crippen LogP contribution is -2.34. The maximum Gasteiger partial charge on any atom is 0.137 e. The van der Waals surface area contributed by atoms with Gasteiger partial charge in [-0.05, 0) is 37.4 Å². The summed E-state index contributed by atoms with van der Waals surface area (Å²) in [6.07, 6.45) is 5.73. The Bertz CT molecular complexity index is 567. The average Bonchev–Trinajstić information content (AvgIpc) is 2.89. The van der Waals surface area contributed by atoms with E-state index in [-0.39, 0.29) is 5.92 Å². The van der Waals surface area contributed by atoms with Crippen molar-refractivity contribution >= 4 is 16.7 Å². The lowest BCUT2D eigenvalue weighted by molar-refractivity contribution is -0.123. The minimum atomic E-state index is 0.235. The van der Waals surface area contributed by atoms with Crippen LogP contribution in [0.5, 0.6) is 0 Å². The van der Waals surface area contributed by atoms with Crippen LogP contribution in [0.3, 0.4) is 0 Å². The Morgan fingerprint density at radius 3 is 3.05 bits per heavy atom. The third-order valence-electron chi connectivity index (χ3n) is 4.07. The fourth-order valence-corrected chi connectivity index (χ4v) is 2.93. The normalized spacial score (nSPS) is 19.7. The first-order valence-corrected chi connectivity index (χ1v) is 7.13. The van der Waals surface area contributed by atoms with Gasteiger partial charge in [0.15, 0.2) is 0 Å². The molecule has 2 aromatic rings. The van der Waals surface area contributed by atoms with Crippen LogP contribution >= 0.6 is 0 Å². The maximum atomic E-state index is 12.2. The van der Waals surface area contributed by atoms with Crippen molar-refractivity contribution in [2.24, 2.45) is 5.92 Å². The number of nitrogens with one attached hydrogen (secondary N) is 2.